The van der Waals surface area contributed by atoms with Gasteiger partial charge in [0.05, 0.1) is 5.75 Å². The fraction of sp³-hybridized carbons (Fsp3) is 1.00. The van der Waals surface area contributed by atoms with Crippen LogP contribution in [0.2, 0.25) is 0 Å². The summed E-state index contributed by atoms with van der Waals surface area (Å²) in [5.74, 6) is 2.15. The topological polar surface area (TPSA) is 46.2 Å². The van der Waals surface area contributed by atoms with Crippen molar-refractivity contribution < 1.29 is 8.42 Å². The van der Waals surface area contributed by atoms with E-state index in [9.17, 15) is 8.42 Å². The Balaban J connectivity index is 2.22. The molecule has 1 saturated carbocycles. The highest BCUT2D eigenvalue weighted by Crippen LogP contribution is 2.27. The molecule has 1 N–H and O–H groups in total. The molecule has 0 aromatic heterocycles. The quantitative estimate of drug-likeness (QED) is 0.797. The van der Waals surface area contributed by atoms with E-state index in [2.05, 4.69) is 12.2 Å². The predicted octanol–water partition coefficient (Wildman–Crippen LogP) is 2.23. The summed E-state index contributed by atoms with van der Waals surface area (Å²) in [6, 6.07) is 0.0827. The fourth-order valence-corrected chi connectivity index (χ4v) is 3.57. The van der Waals surface area contributed by atoms with Gasteiger partial charge in [0, 0.05) is 11.8 Å². The molecule has 0 spiro atoms. The minimum Gasteiger partial charge on any atom is -0.313 e. The summed E-state index contributed by atoms with van der Waals surface area (Å²) in [7, 11) is -2.84. The molecule has 4 heteroatoms. The molecule has 0 heterocycles. The van der Waals surface area contributed by atoms with Crippen LogP contribution in [0, 0.1) is 11.8 Å². The number of hydrogen-bond donors (Lipinski definition) is 1. The molecule has 0 aliphatic heterocycles. The van der Waals surface area contributed by atoms with Crippen molar-refractivity contribution in [3.8, 4) is 0 Å². The summed E-state index contributed by atoms with van der Waals surface area (Å²) in [5, 5.41) is 3.38. The molecule has 0 bridgehead atoms. The molecule has 0 unspecified atom stereocenters. The third-order valence-corrected chi connectivity index (χ3v) is 5.72. The van der Waals surface area contributed by atoms with E-state index in [0.29, 0.717) is 0 Å². The van der Waals surface area contributed by atoms with E-state index in [-0.39, 0.29) is 17.5 Å². The predicted molar refractivity (Wildman–Crippen MR) is 72.9 cm³/mol. The van der Waals surface area contributed by atoms with Gasteiger partial charge in [-0.2, -0.15) is 0 Å². The van der Waals surface area contributed by atoms with E-state index in [0.717, 1.165) is 18.4 Å². The highest BCUT2D eigenvalue weighted by atomic mass is 32.2. The number of hydrogen-bond acceptors (Lipinski definition) is 3. The summed E-state index contributed by atoms with van der Waals surface area (Å²) >= 11 is 0. The van der Waals surface area contributed by atoms with E-state index in [1.165, 1.54) is 25.7 Å². The van der Waals surface area contributed by atoms with Crippen molar-refractivity contribution in [2.24, 2.45) is 11.8 Å². The molecular weight excluding hydrogens is 234 g/mol. The van der Waals surface area contributed by atoms with Gasteiger partial charge in [0.15, 0.2) is 9.84 Å². The zero-order chi connectivity index (χ0) is 12.9. The van der Waals surface area contributed by atoms with Crippen molar-refractivity contribution in [3.63, 3.8) is 0 Å². The molecule has 0 aromatic rings. The first-order valence-corrected chi connectivity index (χ1v) is 8.69. The zero-order valence-electron chi connectivity index (χ0n) is 11.4. The second-order valence-electron chi connectivity index (χ2n) is 5.63. The lowest BCUT2D eigenvalue weighted by Gasteiger charge is -2.27. The number of rotatable bonds is 6. The van der Waals surface area contributed by atoms with Gasteiger partial charge in [-0.25, -0.2) is 8.42 Å². The minimum absolute atomic E-state index is 0.0827. The summed E-state index contributed by atoms with van der Waals surface area (Å²) < 4.78 is 22.9. The molecular formula is C13H27NO2S. The normalized spacial score (nSPS) is 27.9. The first-order valence-electron chi connectivity index (χ1n) is 6.86. The monoisotopic (exact) mass is 261 g/mol. The molecule has 0 amide bonds. The highest BCUT2D eigenvalue weighted by Gasteiger charge is 2.19. The van der Waals surface area contributed by atoms with Crippen molar-refractivity contribution >= 4 is 9.84 Å². The third kappa shape index (κ3) is 5.87. The van der Waals surface area contributed by atoms with Crippen LogP contribution in [0.1, 0.15) is 46.5 Å². The Kier molecular flexibility index (Phi) is 5.93. The van der Waals surface area contributed by atoms with Crippen LogP contribution in [-0.2, 0) is 9.84 Å². The fourth-order valence-electron chi connectivity index (χ4n) is 2.46. The number of nitrogens with one attached hydrogen (secondary N) is 1. The maximum Gasteiger partial charge on any atom is 0.151 e. The van der Waals surface area contributed by atoms with Gasteiger partial charge in [-0.1, -0.05) is 26.7 Å². The Hall–Kier alpha value is -0.0900. The highest BCUT2D eigenvalue weighted by molar-refractivity contribution is 7.91. The van der Waals surface area contributed by atoms with Crippen LogP contribution < -0.4 is 5.32 Å². The first kappa shape index (κ1) is 15.0. The molecule has 0 radical (unpaired) electrons. The van der Waals surface area contributed by atoms with Gasteiger partial charge < -0.3 is 5.32 Å². The van der Waals surface area contributed by atoms with E-state index < -0.39 is 9.84 Å². The van der Waals surface area contributed by atoms with Gasteiger partial charge >= 0.3 is 0 Å². The van der Waals surface area contributed by atoms with Crippen molar-refractivity contribution in [1.82, 2.24) is 5.32 Å². The van der Waals surface area contributed by atoms with Gasteiger partial charge in [-0.05, 0) is 38.1 Å². The summed E-state index contributed by atoms with van der Waals surface area (Å²) in [6.07, 6.45) is 5.24. The lowest BCUT2D eigenvalue weighted by atomic mass is 9.83. The molecule has 1 aliphatic carbocycles. The van der Waals surface area contributed by atoms with Crippen LogP contribution >= 0.6 is 0 Å². The first-order chi connectivity index (χ1) is 7.93. The van der Waals surface area contributed by atoms with Crippen LogP contribution in [-0.4, -0.2) is 32.5 Å². The maximum atomic E-state index is 11.5. The van der Waals surface area contributed by atoms with Crippen molar-refractivity contribution in [3.05, 3.63) is 0 Å². The van der Waals surface area contributed by atoms with Crippen LogP contribution in [0.25, 0.3) is 0 Å². The van der Waals surface area contributed by atoms with Crippen LogP contribution in [0.3, 0.4) is 0 Å². The SMILES string of the molecule is CCS(=O)(=O)C[C@H](C)NCC1CCC(C)CC1. The van der Waals surface area contributed by atoms with Gasteiger partial charge in [-0.15, -0.1) is 0 Å². The molecule has 3 nitrogen and oxygen atoms in total. The average Bonchev–Trinajstić information content (AvgIpc) is 2.28. The lowest BCUT2D eigenvalue weighted by molar-refractivity contribution is 0.277. The van der Waals surface area contributed by atoms with E-state index in [1.54, 1.807) is 6.92 Å². The second kappa shape index (κ2) is 6.74. The third-order valence-electron chi connectivity index (χ3n) is 3.83. The maximum absolute atomic E-state index is 11.5. The van der Waals surface area contributed by atoms with Gasteiger partial charge in [-0.3, -0.25) is 0 Å². The molecule has 1 atom stereocenters. The Morgan fingerprint density at radius 3 is 2.35 bits per heavy atom. The standard InChI is InChI=1S/C13H27NO2S/c1-4-17(15,16)10-12(3)14-9-13-7-5-11(2)6-8-13/h11-14H,4-10H2,1-3H3/t11?,12-,13?/m0/s1. The molecule has 1 fully saturated rings. The largest absolute Gasteiger partial charge is 0.313 e. The molecule has 17 heavy (non-hydrogen) atoms. The van der Waals surface area contributed by atoms with Crippen LogP contribution in [0.15, 0.2) is 0 Å². The minimum atomic E-state index is -2.84. The Bertz CT molecular complexity index is 305. The van der Waals surface area contributed by atoms with Gasteiger partial charge in [0.1, 0.15) is 0 Å². The smallest absolute Gasteiger partial charge is 0.151 e. The van der Waals surface area contributed by atoms with E-state index in [4.69, 9.17) is 0 Å². The molecule has 0 saturated heterocycles. The molecule has 1 aliphatic rings. The lowest BCUT2D eigenvalue weighted by Crippen LogP contribution is -2.37. The molecule has 102 valence electrons. The second-order valence-corrected chi connectivity index (χ2v) is 8.03. The molecule has 1 rings (SSSR count). The summed E-state index contributed by atoms with van der Waals surface area (Å²) in [6.45, 7) is 6.98. The Labute approximate surface area is 106 Å². The molecule has 0 aromatic carbocycles. The summed E-state index contributed by atoms with van der Waals surface area (Å²) in [4.78, 5) is 0. The van der Waals surface area contributed by atoms with E-state index >= 15 is 0 Å². The van der Waals surface area contributed by atoms with E-state index in [1.807, 2.05) is 6.92 Å². The van der Waals surface area contributed by atoms with Crippen molar-refractivity contribution in [2.45, 2.75) is 52.5 Å². The van der Waals surface area contributed by atoms with Crippen molar-refractivity contribution in [2.75, 3.05) is 18.1 Å². The Morgan fingerprint density at radius 1 is 1.24 bits per heavy atom. The van der Waals surface area contributed by atoms with Crippen molar-refractivity contribution in [1.29, 1.82) is 0 Å². The average molecular weight is 261 g/mol. The van der Waals surface area contributed by atoms with Gasteiger partial charge in [0.25, 0.3) is 0 Å². The number of sulfone groups is 1. The Morgan fingerprint density at radius 2 is 1.82 bits per heavy atom. The van der Waals surface area contributed by atoms with Crippen LogP contribution in [0.4, 0.5) is 0 Å². The van der Waals surface area contributed by atoms with Gasteiger partial charge in [0.2, 0.25) is 0 Å². The summed E-state index contributed by atoms with van der Waals surface area (Å²) in [5.41, 5.74) is 0. The zero-order valence-corrected chi connectivity index (χ0v) is 12.2. The van der Waals surface area contributed by atoms with Crippen LogP contribution in [0.5, 0.6) is 0 Å².